The number of carbonyl (C=O) groups excluding carboxylic acids is 1. The first-order valence-corrected chi connectivity index (χ1v) is 10.8. The first-order valence-electron chi connectivity index (χ1n) is 10.4. The van der Waals surface area contributed by atoms with Crippen LogP contribution in [0.5, 0.6) is 0 Å². The predicted octanol–water partition coefficient (Wildman–Crippen LogP) is 3.81. The lowest BCUT2D eigenvalue weighted by Gasteiger charge is -2.36. The van der Waals surface area contributed by atoms with Crippen molar-refractivity contribution in [3.05, 3.63) is 69.6 Å². The van der Waals surface area contributed by atoms with E-state index in [1.54, 1.807) is 6.07 Å². The molecular formula is C23H25ClN4O2. The molecule has 30 heavy (non-hydrogen) atoms. The van der Waals surface area contributed by atoms with Crippen molar-refractivity contribution in [1.82, 2.24) is 14.7 Å². The van der Waals surface area contributed by atoms with Crippen LogP contribution in [0.1, 0.15) is 30.3 Å². The lowest BCUT2D eigenvalue weighted by molar-refractivity contribution is 0.0740. The highest BCUT2D eigenvalue weighted by Gasteiger charge is 2.26. The highest BCUT2D eigenvalue weighted by Crippen LogP contribution is 2.22. The van der Waals surface area contributed by atoms with E-state index in [2.05, 4.69) is 16.9 Å². The maximum atomic E-state index is 13.4. The molecule has 7 heteroatoms. The Labute approximate surface area is 180 Å². The molecule has 156 valence electrons. The molecule has 6 nitrogen and oxygen atoms in total. The van der Waals surface area contributed by atoms with E-state index in [1.165, 1.54) is 4.68 Å². The van der Waals surface area contributed by atoms with E-state index in [-0.39, 0.29) is 11.5 Å². The highest BCUT2D eigenvalue weighted by atomic mass is 35.5. The van der Waals surface area contributed by atoms with Crippen LogP contribution in [0.4, 0.5) is 5.69 Å². The number of halogens is 1. The molecule has 1 aromatic heterocycles. The summed E-state index contributed by atoms with van der Waals surface area (Å²) in [5.41, 5.74) is 1.28. The molecule has 1 amide bonds. The van der Waals surface area contributed by atoms with E-state index < -0.39 is 0 Å². The molecule has 0 bridgehead atoms. The average Bonchev–Trinajstić information content (AvgIpc) is 2.78. The van der Waals surface area contributed by atoms with Crippen LogP contribution in [0.2, 0.25) is 5.02 Å². The number of aryl methyl sites for hydroxylation is 1. The molecule has 1 fully saturated rings. The maximum absolute atomic E-state index is 13.4. The maximum Gasteiger partial charge on any atom is 0.275 e. The zero-order valence-electron chi connectivity index (χ0n) is 17.1. The minimum Gasteiger partial charge on any atom is -0.368 e. The summed E-state index contributed by atoms with van der Waals surface area (Å²) in [5.74, 6) is -0.123. The second-order valence-corrected chi connectivity index (χ2v) is 7.97. The molecule has 0 saturated carbocycles. The lowest BCUT2D eigenvalue weighted by atomic mass is 10.1. The molecule has 1 aliphatic heterocycles. The lowest BCUT2D eigenvalue weighted by Crippen LogP contribution is -2.49. The fourth-order valence-corrected chi connectivity index (χ4v) is 4.03. The van der Waals surface area contributed by atoms with E-state index in [4.69, 9.17) is 11.6 Å². The SMILES string of the molecule is CCCCn1nc(C(=O)N2CCN(c3cccc(Cl)c3)CC2)c2ccccc2c1=O. The van der Waals surface area contributed by atoms with Crippen molar-refractivity contribution >= 4 is 34.0 Å². The fourth-order valence-electron chi connectivity index (χ4n) is 3.84. The Bertz CT molecular complexity index is 1120. The number of rotatable bonds is 5. The molecule has 2 heterocycles. The fraction of sp³-hybridized carbons (Fsp3) is 0.348. The smallest absolute Gasteiger partial charge is 0.275 e. The van der Waals surface area contributed by atoms with Crippen molar-refractivity contribution < 1.29 is 4.79 Å². The number of carbonyl (C=O) groups is 1. The summed E-state index contributed by atoms with van der Waals surface area (Å²) in [6.07, 6.45) is 1.80. The summed E-state index contributed by atoms with van der Waals surface area (Å²) in [7, 11) is 0. The van der Waals surface area contributed by atoms with Crippen molar-refractivity contribution in [2.24, 2.45) is 0 Å². The van der Waals surface area contributed by atoms with Crippen LogP contribution < -0.4 is 10.5 Å². The summed E-state index contributed by atoms with van der Waals surface area (Å²) < 4.78 is 1.45. The second kappa shape index (κ2) is 8.88. The van der Waals surface area contributed by atoms with Gasteiger partial charge in [0.2, 0.25) is 0 Å². The van der Waals surface area contributed by atoms with Crippen LogP contribution in [0.3, 0.4) is 0 Å². The number of anilines is 1. The molecule has 0 radical (unpaired) electrons. The van der Waals surface area contributed by atoms with Gasteiger partial charge in [-0.1, -0.05) is 49.2 Å². The van der Waals surface area contributed by atoms with E-state index in [0.717, 1.165) is 31.6 Å². The number of amides is 1. The molecule has 2 aromatic carbocycles. The van der Waals surface area contributed by atoms with E-state index in [9.17, 15) is 9.59 Å². The quantitative estimate of drug-likeness (QED) is 0.624. The Morgan fingerprint density at radius 3 is 2.47 bits per heavy atom. The molecule has 3 aromatic rings. The van der Waals surface area contributed by atoms with Crippen molar-refractivity contribution in [3.63, 3.8) is 0 Å². The summed E-state index contributed by atoms with van der Waals surface area (Å²) in [4.78, 5) is 30.2. The van der Waals surface area contributed by atoms with Crippen molar-refractivity contribution in [2.75, 3.05) is 31.1 Å². The molecule has 1 aliphatic rings. The number of unbranched alkanes of at least 4 members (excludes halogenated alkanes) is 1. The van der Waals surface area contributed by atoms with Gasteiger partial charge in [0.25, 0.3) is 11.5 Å². The van der Waals surface area contributed by atoms with Gasteiger partial charge < -0.3 is 9.80 Å². The average molecular weight is 425 g/mol. The number of hydrogen-bond acceptors (Lipinski definition) is 4. The molecular weight excluding hydrogens is 400 g/mol. The Balaban J connectivity index is 1.59. The summed E-state index contributed by atoms with van der Waals surface area (Å²) in [6, 6.07) is 15.0. The zero-order valence-corrected chi connectivity index (χ0v) is 17.8. The summed E-state index contributed by atoms with van der Waals surface area (Å²) in [6.45, 7) is 5.21. The first-order chi connectivity index (χ1) is 14.6. The third-order valence-corrected chi connectivity index (χ3v) is 5.77. The Morgan fingerprint density at radius 2 is 1.77 bits per heavy atom. The van der Waals surface area contributed by atoms with E-state index >= 15 is 0 Å². The Morgan fingerprint density at radius 1 is 1.03 bits per heavy atom. The van der Waals surface area contributed by atoms with Crippen LogP contribution in [-0.4, -0.2) is 46.8 Å². The van der Waals surface area contributed by atoms with Gasteiger partial charge >= 0.3 is 0 Å². The minimum absolute atomic E-state index is 0.123. The normalized spacial score (nSPS) is 14.3. The minimum atomic E-state index is -0.138. The molecule has 0 spiro atoms. The summed E-state index contributed by atoms with van der Waals surface area (Å²) in [5, 5.41) is 6.36. The van der Waals surface area contributed by atoms with E-state index in [1.807, 2.05) is 47.4 Å². The Kier molecular flexibility index (Phi) is 6.04. The first kappa shape index (κ1) is 20.4. The van der Waals surface area contributed by atoms with Gasteiger partial charge in [-0.15, -0.1) is 0 Å². The number of benzene rings is 2. The third-order valence-electron chi connectivity index (χ3n) is 5.53. The predicted molar refractivity (Wildman–Crippen MR) is 120 cm³/mol. The van der Waals surface area contributed by atoms with Crippen molar-refractivity contribution in [2.45, 2.75) is 26.3 Å². The highest BCUT2D eigenvalue weighted by molar-refractivity contribution is 6.30. The van der Waals surface area contributed by atoms with Crippen LogP contribution in [0.25, 0.3) is 10.8 Å². The number of nitrogens with zero attached hydrogens (tertiary/aromatic N) is 4. The number of hydrogen-bond donors (Lipinski definition) is 0. The number of fused-ring (bicyclic) bond motifs is 1. The van der Waals surface area contributed by atoms with Gasteiger partial charge in [0, 0.05) is 48.8 Å². The number of aromatic nitrogens is 2. The molecule has 0 unspecified atom stereocenters. The Hall–Kier alpha value is -2.86. The van der Waals surface area contributed by atoms with Crippen LogP contribution in [-0.2, 0) is 6.54 Å². The molecule has 0 atom stereocenters. The van der Waals surface area contributed by atoms with Gasteiger partial charge in [-0.3, -0.25) is 9.59 Å². The van der Waals surface area contributed by atoms with Gasteiger partial charge in [-0.2, -0.15) is 5.10 Å². The van der Waals surface area contributed by atoms with Gasteiger partial charge in [-0.05, 0) is 30.7 Å². The monoisotopic (exact) mass is 424 g/mol. The zero-order chi connectivity index (χ0) is 21.1. The second-order valence-electron chi connectivity index (χ2n) is 7.54. The van der Waals surface area contributed by atoms with Crippen molar-refractivity contribution in [3.8, 4) is 0 Å². The van der Waals surface area contributed by atoms with Gasteiger partial charge in [0.15, 0.2) is 5.69 Å². The summed E-state index contributed by atoms with van der Waals surface area (Å²) >= 11 is 6.12. The van der Waals surface area contributed by atoms with Gasteiger partial charge in [0.05, 0.1) is 5.39 Å². The largest absolute Gasteiger partial charge is 0.368 e. The van der Waals surface area contributed by atoms with Crippen LogP contribution >= 0.6 is 11.6 Å². The van der Waals surface area contributed by atoms with Crippen molar-refractivity contribution in [1.29, 1.82) is 0 Å². The van der Waals surface area contributed by atoms with Gasteiger partial charge in [-0.25, -0.2) is 4.68 Å². The standard InChI is InChI=1S/C23H25ClN4O2/c1-2-3-11-28-22(29)20-10-5-4-9-19(20)21(25-28)23(30)27-14-12-26(13-15-27)18-8-6-7-17(24)16-18/h4-10,16H,2-3,11-15H2,1H3. The molecule has 4 rings (SSSR count). The molecule has 0 aliphatic carbocycles. The van der Waals surface area contributed by atoms with Crippen LogP contribution in [0.15, 0.2) is 53.3 Å². The van der Waals surface area contributed by atoms with Gasteiger partial charge in [0.1, 0.15) is 0 Å². The number of piperazine rings is 1. The van der Waals surface area contributed by atoms with E-state index in [0.29, 0.717) is 41.1 Å². The molecule has 0 N–H and O–H groups in total. The van der Waals surface area contributed by atoms with Crippen LogP contribution in [0, 0.1) is 0 Å². The third kappa shape index (κ3) is 4.05. The molecule has 1 saturated heterocycles. The topological polar surface area (TPSA) is 58.4 Å².